The van der Waals surface area contributed by atoms with Crippen molar-refractivity contribution in [3.63, 3.8) is 0 Å². The summed E-state index contributed by atoms with van der Waals surface area (Å²) in [6, 6.07) is 0. The minimum atomic E-state index is -4.16. The molecule has 8 heteroatoms. The minimum absolute atomic E-state index is 0.315. The van der Waals surface area contributed by atoms with E-state index in [9.17, 15) is 4.57 Å². The highest BCUT2D eigenvalue weighted by Crippen LogP contribution is 2.50. The normalized spacial score (nSPS) is 16.6. The first-order chi connectivity index (χ1) is 15.5. The molecule has 0 bridgehead atoms. The van der Waals surface area contributed by atoms with Gasteiger partial charge in [-0.1, -0.05) is 99.3 Å². The van der Waals surface area contributed by atoms with Gasteiger partial charge in [-0.2, -0.15) is 0 Å². The monoisotopic (exact) mass is 482 g/mol. The Morgan fingerprint density at radius 1 is 0.531 bits per heavy atom. The van der Waals surface area contributed by atoms with Gasteiger partial charge >= 0.3 is 7.82 Å². The Kier molecular flexibility index (Phi) is 21.5. The van der Waals surface area contributed by atoms with E-state index in [2.05, 4.69) is 41.5 Å². The molecule has 3 unspecified atom stereocenters. The molecule has 0 rings (SSSR count). The first-order valence-electron chi connectivity index (χ1n) is 13.0. The molecule has 0 radical (unpaired) electrons. The van der Waals surface area contributed by atoms with E-state index in [1.165, 1.54) is 0 Å². The molecule has 0 saturated heterocycles. The van der Waals surface area contributed by atoms with Crippen LogP contribution in [0.3, 0.4) is 0 Å². The quantitative estimate of drug-likeness (QED) is 0.0774. The van der Waals surface area contributed by atoms with Crippen molar-refractivity contribution in [2.45, 2.75) is 119 Å². The molecule has 0 aromatic carbocycles. The molecule has 7 nitrogen and oxygen atoms in total. The van der Waals surface area contributed by atoms with Crippen LogP contribution in [0.1, 0.15) is 119 Å². The van der Waals surface area contributed by atoms with Gasteiger partial charge in [0, 0.05) is 0 Å². The Hall–Kier alpha value is -0.0100. The van der Waals surface area contributed by atoms with Crippen LogP contribution in [0.25, 0.3) is 0 Å². The second-order valence-electron chi connectivity index (χ2n) is 8.77. The van der Waals surface area contributed by atoms with Crippen molar-refractivity contribution in [3.05, 3.63) is 0 Å². The molecule has 0 aliphatic carbocycles. The maximum absolute atomic E-state index is 13.0. The van der Waals surface area contributed by atoms with Gasteiger partial charge in [0.2, 0.25) is 0 Å². The molecule has 0 amide bonds. The first-order valence-corrected chi connectivity index (χ1v) is 14.5. The Balaban J connectivity index is 4.74. The zero-order valence-corrected chi connectivity index (χ0v) is 22.5. The summed E-state index contributed by atoms with van der Waals surface area (Å²) in [7, 11) is -4.16. The number of rotatable bonds is 24. The highest BCUT2D eigenvalue weighted by Gasteiger charge is 2.33. The van der Waals surface area contributed by atoms with Crippen LogP contribution in [-0.4, -0.2) is 19.8 Å². The van der Waals surface area contributed by atoms with Gasteiger partial charge < -0.3 is 0 Å². The summed E-state index contributed by atoms with van der Waals surface area (Å²) in [5, 5.41) is 0. The van der Waals surface area contributed by atoms with Gasteiger partial charge in [0.05, 0.1) is 19.8 Å². The van der Waals surface area contributed by atoms with E-state index in [4.69, 9.17) is 28.7 Å². The number of hydrogen-bond acceptors (Lipinski definition) is 7. The van der Waals surface area contributed by atoms with E-state index in [-0.39, 0.29) is 0 Å². The van der Waals surface area contributed by atoms with Crippen LogP contribution in [0, 0.1) is 17.8 Å². The Morgan fingerprint density at radius 3 is 1.03 bits per heavy atom. The molecule has 194 valence electrons. The lowest BCUT2D eigenvalue weighted by Gasteiger charge is -2.20. The first kappa shape index (κ1) is 32.0. The summed E-state index contributed by atoms with van der Waals surface area (Å²) in [6.07, 6.45) is 12.7. The highest BCUT2D eigenvalue weighted by atomic mass is 31.2. The summed E-state index contributed by atoms with van der Waals surface area (Å²) >= 11 is 0. The topological polar surface area (TPSA) is 72.5 Å². The molecule has 0 aromatic rings. The van der Waals surface area contributed by atoms with Gasteiger partial charge in [-0.05, 0) is 37.0 Å². The van der Waals surface area contributed by atoms with Crippen LogP contribution in [0.2, 0.25) is 0 Å². The van der Waals surface area contributed by atoms with E-state index in [0.717, 1.165) is 77.0 Å². The standard InChI is InChI=1S/C24H51O7P/c1-7-13-16-22(10-4)19-26-29-32(25,30-27-20-23(11-5)17-14-8-2)31-28-21-24(12-6)18-15-9-3/h22-24H,7-21H2,1-6H3. The summed E-state index contributed by atoms with van der Waals surface area (Å²) in [5.74, 6) is 0.965. The van der Waals surface area contributed by atoms with Crippen molar-refractivity contribution in [2.24, 2.45) is 17.8 Å². The number of hydrogen-bond donors (Lipinski definition) is 0. The number of unbranched alkanes of at least 4 members (excludes halogenated alkanes) is 3. The SMILES string of the molecule is CCCCC(CC)COOP(=O)(OOCC(CC)CCCC)OOCC(CC)CCCC. The van der Waals surface area contributed by atoms with E-state index in [1.807, 2.05) is 0 Å². The lowest BCUT2D eigenvalue weighted by molar-refractivity contribution is -0.331. The third-order valence-electron chi connectivity index (χ3n) is 5.97. The summed E-state index contributed by atoms with van der Waals surface area (Å²) in [5.41, 5.74) is 0. The van der Waals surface area contributed by atoms with E-state index < -0.39 is 7.82 Å². The predicted molar refractivity (Wildman–Crippen MR) is 129 cm³/mol. The van der Waals surface area contributed by atoms with Gasteiger partial charge in [-0.15, -0.1) is 14.0 Å². The molecule has 0 aromatic heterocycles. The second kappa shape index (κ2) is 21.5. The average molecular weight is 483 g/mol. The van der Waals surface area contributed by atoms with Crippen LogP contribution in [0.5, 0.6) is 0 Å². The lowest BCUT2D eigenvalue weighted by atomic mass is 10.0. The Morgan fingerprint density at radius 2 is 0.812 bits per heavy atom. The van der Waals surface area contributed by atoms with E-state index in [1.54, 1.807) is 0 Å². The van der Waals surface area contributed by atoms with Crippen LogP contribution >= 0.6 is 7.82 Å². The molecule has 32 heavy (non-hydrogen) atoms. The van der Waals surface area contributed by atoms with Crippen molar-refractivity contribution in [3.8, 4) is 0 Å². The maximum atomic E-state index is 13.0. The molecule has 0 fully saturated rings. The van der Waals surface area contributed by atoms with Gasteiger partial charge in [-0.25, -0.2) is 19.2 Å². The Labute approximate surface area is 197 Å². The fraction of sp³-hybridized carbons (Fsp3) is 1.00. The van der Waals surface area contributed by atoms with Crippen molar-refractivity contribution in [2.75, 3.05) is 19.8 Å². The molecule has 3 atom stereocenters. The summed E-state index contributed by atoms with van der Waals surface area (Å²) in [6.45, 7) is 13.7. The van der Waals surface area contributed by atoms with Crippen molar-refractivity contribution < 1.29 is 33.3 Å². The smallest absolute Gasteiger partial charge is 0.226 e. The van der Waals surface area contributed by atoms with E-state index >= 15 is 0 Å². The Bertz CT molecular complexity index is 388. The van der Waals surface area contributed by atoms with Crippen LogP contribution in [-0.2, 0) is 33.3 Å². The highest BCUT2D eigenvalue weighted by molar-refractivity contribution is 7.48. The summed E-state index contributed by atoms with van der Waals surface area (Å²) in [4.78, 5) is 15.8. The molecule has 0 aliphatic heterocycles. The fourth-order valence-electron chi connectivity index (χ4n) is 3.31. The van der Waals surface area contributed by atoms with Crippen LogP contribution < -0.4 is 0 Å². The average Bonchev–Trinajstić information content (AvgIpc) is 2.80. The molecule has 0 heterocycles. The van der Waals surface area contributed by atoms with Crippen LogP contribution in [0.4, 0.5) is 0 Å². The molecule has 0 N–H and O–H groups in total. The predicted octanol–water partition coefficient (Wildman–Crippen LogP) is 8.59. The third-order valence-corrected chi connectivity index (χ3v) is 6.84. The van der Waals surface area contributed by atoms with Crippen molar-refractivity contribution in [1.29, 1.82) is 0 Å². The van der Waals surface area contributed by atoms with Crippen molar-refractivity contribution >= 4 is 7.82 Å². The zero-order valence-electron chi connectivity index (χ0n) is 21.6. The second-order valence-corrected chi connectivity index (χ2v) is 10.1. The molecular weight excluding hydrogens is 431 g/mol. The molecule has 0 aliphatic rings. The van der Waals surface area contributed by atoms with Gasteiger partial charge in [0.25, 0.3) is 0 Å². The fourth-order valence-corrected chi connectivity index (χ4v) is 3.95. The van der Waals surface area contributed by atoms with Gasteiger partial charge in [0.15, 0.2) is 0 Å². The van der Waals surface area contributed by atoms with Gasteiger partial charge in [-0.3, -0.25) is 0 Å². The summed E-state index contributed by atoms with van der Waals surface area (Å²) < 4.78 is 28.3. The third kappa shape index (κ3) is 16.6. The molecule has 0 saturated carbocycles. The van der Waals surface area contributed by atoms with Crippen molar-refractivity contribution in [1.82, 2.24) is 0 Å². The minimum Gasteiger partial charge on any atom is -0.226 e. The van der Waals surface area contributed by atoms with Crippen LogP contribution in [0.15, 0.2) is 0 Å². The lowest BCUT2D eigenvalue weighted by Crippen LogP contribution is -2.14. The largest absolute Gasteiger partial charge is 0.556 e. The number of phosphoric acid groups is 1. The van der Waals surface area contributed by atoms with Gasteiger partial charge in [0.1, 0.15) is 0 Å². The maximum Gasteiger partial charge on any atom is 0.556 e. The molecule has 0 spiro atoms. The van der Waals surface area contributed by atoms with E-state index in [0.29, 0.717) is 37.6 Å². The molecular formula is C24H51O7P. The zero-order chi connectivity index (χ0) is 24.1.